The Kier molecular flexibility index (Phi) is 11.4. The number of nitrogens with zero attached hydrogens (tertiary/aromatic N) is 3. The van der Waals surface area contributed by atoms with Crippen LogP contribution in [-0.4, -0.2) is 157 Å². The van der Waals surface area contributed by atoms with Gasteiger partial charge in [0.25, 0.3) is 0 Å². The first-order chi connectivity index (χ1) is 16.4. The van der Waals surface area contributed by atoms with Crippen molar-refractivity contribution >= 4 is 0 Å². The number of azide groups is 1. The Morgan fingerprint density at radius 1 is 0.857 bits per heavy atom. The molecule has 2 fully saturated rings. The summed E-state index contributed by atoms with van der Waals surface area (Å²) >= 11 is 0. The summed E-state index contributed by atoms with van der Waals surface area (Å²) in [6.45, 7) is -0.576. The summed E-state index contributed by atoms with van der Waals surface area (Å²) in [5.74, 6) is 0. The van der Waals surface area contributed by atoms with Crippen LogP contribution in [0.15, 0.2) is 5.11 Å². The Bertz CT molecular complexity index is 699. The maximum absolute atomic E-state index is 10.5. The molecule has 0 aromatic rings. The lowest BCUT2D eigenvalue weighted by Crippen LogP contribution is -2.64. The lowest BCUT2D eigenvalue weighted by atomic mass is 9.97. The van der Waals surface area contributed by atoms with E-state index >= 15 is 0 Å². The van der Waals surface area contributed by atoms with Gasteiger partial charge in [-0.15, -0.1) is 0 Å². The van der Waals surface area contributed by atoms with Gasteiger partial charge in [0, 0.05) is 4.91 Å². The largest absolute Gasteiger partial charge is 0.394 e. The molecule has 14 atom stereocenters. The highest BCUT2D eigenvalue weighted by Crippen LogP contribution is 2.29. The van der Waals surface area contributed by atoms with Crippen molar-refractivity contribution in [1.82, 2.24) is 0 Å². The number of aliphatic hydroxyl groups excluding tert-OH is 10. The van der Waals surface area contributed by atoms with Gasteiger partial charge in [-0.05, 0) is 12.5 Å². The van der Waals surface area contributed by atoms with Gasteiger partial charge in [0.2, 0.25) is 0 Å². The Labute approximate surface area is 198 Å². The van der Waals surface area contributed by atoms with Crippen molar-refractivity contribution in [2.45, 2.75) is 92.8 Å². The molecule has 2 aliphatic heterocycles. The lowest BCUT2D eigenvalue weighted by molar-refractivity contribution is -0.356. The minimum Gasteiger partial charge on any atom is -0.394 e. The third kappa shape index (κ3) is 7.16. The predicted octanol–water partition coefficient (Wildman–Crippen LogP) is -5.59. The number of hydrogen-bond acceptors (Lipinski definition) is 15. The zero-order chi connectivity index (χ0) is 26.4. The van der Waals surface area contributed by atoms with Gasteiger partial charge in [0.1, 0.15) is 61.0 Å². The van der Waals surface area contributed by atoms with E-state index in [9.17, 15) is 51.1 Å². The molecule has 10 N–H and O–H groups in total. The zero-order valence-corrected chi connectivity index (χ0v) is 18.7. The summed E-state index contributed by atoms with van der Waals surface area (Å²) < 4.78 is 21.3. The second-order valence-corrected chi connectivity index (χ2v) is 8.35. The van der Waals surface area contributed by atoms with E-state index in [2.05, 4.69) is 10.0 Å². The van der Waals surface area contributed by atoms with Crippen molar-refractivity contribution in [3.63, 3.8) is 0 Å². The van der Waals surface area contributed by atoms with E-state index in [0.29, 0.717) is 0 Å². The highest BCUT2D eigenvalue weighted by molar-refractivity contribution is 4.93. The fourth-order valence-electron chi connectivity index (χ4n) is 3.64. The van der Waals surface area contributed by atoms with Gasteiger partial charge in [-0.2, -0.15) is 0 Å². The van der Waals surface area contributed by atoms with Crippen molar-refractivity contribution in [2.24, 2.45) is 5.11 Å². The van der Waals surface area contributed by atoms with E-state index in [4.69, 9.17) is 24.5 Å². The van der Waals surface area contributed by atoms with E-state index in [1.54, 1.807) is 0 Å². The number of aliphatic hydroxyl groups is 10. The van der Waals surface area contributed by atoms with Crippen molar-refractivity contribution in [1.29, 1.82) is 0 Å². The molecule has 0 bridgehead atoms. The number of rotatable bonds is 11. The highest BCUT2D eigenvalue weighted by Gasteiger charge is 2.50. The molecule has 0 aromatic carbocycles. The molecule has 204 valence electrons. The summed E-state index contributed by atoms with van der Waals surface area (Å²) in [5, 5.41) is 102. The van der Waals surface area contributed by atoms with Gasteiger partial charge in [-0.3, -0.25) is 0 Å². The van der Waals surface area contributed by atoms with Crippen molar-refractivity contribution in [2.75, 3.05) is 19.8 Å². The summed E-state index contributed by atoms with van der Waals surface area (Å²) in [5.41, 5.74) is 8.23. The van der Waals surface area contributed by atoms with Crippen LogP contribution in [0.3, 0.4) is 0 Å². The van der Waals surface area contributed by atoms with Crippen LogP contribution in [0.2, 0.25) is 0 Å². The zero-order valence-electron chi connectivity index (χ0n) is 18.7. The molecule has 2 heterocycles. The maximum Gasteiger partial charge on any atom is 0.187 e. The first-order valence-electron chi connectivity index (χ1n) is 10.8. The molecule has 0 radical (unpaired) electrons. The molecule has 0 spiro atoms. The number of ether oxygens (including phenoxy) is 4. The molecule has 2 rings (SSSR count). The van der Waals surface area contributed by atoms with E-state index in [1.165, 1.54) is 6.92 Å². The van der Waals surface area contributed by atoms with Crippen LogP contribution >= 0.6 is 0 Å². The first kappa shape index (κ1) is 30.0. The van der Waals surface area contributed by atoms with Gasteiger partial charge < -0.3 is 70.0 Å². The molecular weight excluding hydrogens is 482 g/mol. The van der Waals surface area contributed by atoms with E-state index in [1.807, 2.05) is 0 Å². The molecular formula is C18H33N3O14. The van der Waals surface area contributed by atoms with Crippen molar-refractivity contribution in [3.05, 3.63) is 10.4 Å². The third-order valence-electron chi connectivity index (χ3n) is 5.82. The summed E-state index contributed by atoms with van der Waals surface area (Å²) in [6, 6.07) is 0. The monoisotopic (exact) mass is 515 g/mol. The molecule has 0 aliphatic carbocycles. The first-order valence-corrected chi connectivity index (χ1v) is 10.8. The van der Waals surface area contributed by atoms with Crippen molar-refractivity contribution in [3.8, 4) is 0 Å². The fraction of sp³-hybridized carbons (Fsp3) is 1.00. The molecule has 17 nitrogen and oxygen atoms in total. The predicted molar refractivity (Wildman–Crippen MR) is 109 cm³/mol. The molecule has 17 heteroatoms. The molecule has 35 heavy (non-hydrogen) atoms. The van der Waals surface area contributed by atoms with Crippen LogP contribution in [0, 0.1) is 0 Å². The summed E-state index contributed by atoms with van der Waals surface area (Å²) in [7, 11) is 0. The van der Waals surface area contributed by atoms with Crippen LogP contribution in [0.4, 0.5) is 0 Å². The fourth-order valence-corrected chi connectivity index (χ4v) is 3.64. The summed E-state index contributed by atoms with van der Waals surface area (Å²) in [6.07, 6.45) is -22.6. The Hall–Kier alpha value is -1.25. The lowest BCUT2D eigenvalue weighted by Gasteiger charge is -2.45. The van der Waals surface area contributed by atoms with Gasteiger partial charge in [0.05, 0.1) is 32.0 Å². The normalized spacial score (nSPS) is 41.5. The SMILES string of the molecule is C[C@@H]1O[C@H](OC[C@@H](O)[C@@H](O)[C@H](O)[C@H](O)CN=[N+]=[N-])[C@@H](O)[C@H](O)[C@@H]1O[C@@H]1O[C@H](CO)[C@H](O)[C@H](O)[C@H]1O. The second kappa shape index (κ2) is 13.3. The smallest absolute Gasteiger partial charge is 0.187 e. The van der Waals surface area contributed by atoms with Crippen LogP contribution in [0.5, 0.6) is 0 Å². The molecule has 0 aromatic heterocycles. The Balaban J connectivity index is 1.94. The van der Waals surface area contributed by atoms with Crippen LogP contribution < -0.4 is 0 Å². The highest BCUT2D eigenvalue weighted by atomic mass is 16.7. The Morgan fingerprint density at radius 2 is 1.46 bits per heavy atom. The topological polar surface area (TPSA) is 288 Å². The van der Waals surface area contributed by atoms with E-state index < -0.39 is 106 Å². The standard InChI is InChI=1S/C18H33N3O14/c1-5-16(35-18-14(30)12(28)11(27)8(3-22)34-18)13(29)15(31)17(33-5)32-4-7(24)10(26)9(25)6(23)2-20-21-19/h5-18,22-31H,2-4H2,1H3/t5-,6+,7+,8+,9+,10+,11-,12-,13-,14+,15-,16+,17-,18-/m0/s1. The van der Waals surface area contributed by atoms with E-state index in [0.717, 1.165) is 0 Å². The van der Waals surface area contributed by atoms with Gasteiger partial charge in [0.15, 0.2) is 12.6 Å². The third-order valence-corrected chi connectivity index (χ3v) is 5.82. The van der Waals surface area contributed by atoms with Gasteiger partial charge in [-0.25, -0.2) is 0 Å². The van der Waals surface area contributed by atoms with Gasteiger partial charge in [-0.1, -0.05) is 5.11 Å². The van der Waals surface area contributed by atoms with Crippen LogP contribution in [0.1, 0.15) is 6.92 Å². The van der Waals surface area contributed by atoms with Crippen molar-refractivity contribution < 1.29 is 70.0 Å². The van der Waals surface area contributed by atoms with E-state index in [-0.39, 0.29) is 0 Å². The van der Waals surface area contributed by atoms with Crippen LogP contribution in [-0.2, 0) is 18.9 Å². The van der Waals surface area contributed by atoms with Gasteiger partial charge >= 0.3 is 0 Å². The second-order valence-electron chi connectivity index (χ2n) is 8.35. The number of hydrogen-bond donors (Lipinski definition) is 10. The molecule has 0 saturated carbocycles. The van der Waals surface area contributed by atoms with Crippen LogP contribution in [0.25, 0.3) is 10.4 Å². The average Bonchev–Trinajstić information content (AvgIpc) is 2.84. The average molecular weight is 515 g/mol. The minimum absolute atomic E-state index is 0.563. The minimum atomic E-state index is -1.93. The maximum atomic E-state index is 10.5. The molecule has 2 saturated heterocycles. The molecule has 0 unspecified atom stereocenters. The summed E-state index contributed by atoms with van der Waals surface area (Å²) in [4.78, 5) is 2.39. The molecule has 0 amide bonds. The molecule has 2 aliphatic rings. The Morgan fingerprint density at radius 3 is 2.06 bits per heavy atom. The quantitative estimate of drug-likeness (QED) is 0.0697.